The van der Waals surface area contributed by atoms with Gasteiger partial charge in [0.05, 0.1) is 6.61 Å². The molecule has 0 atom stereocenters. The monoisotopic (exact) mass is 343 g/mol. The highest BCUT2D eigenvalue weighted by molar-refractivity contribution is 7.13. The largest absolute Gasteiger partial charge is 0.494 e. The van der Waals surface area contributed by atoms with Crippen molar-refractivity contribution in [2.24, 2.45) is 0 Å². The van der Waals surface area contributed by atoms with Crippen LogP contribution in [0.4, 0.5) is 0 Å². The second-order valence-electron chi connectivity index (χ2n) is 5.08. The van der Waals surface area contributed by atoms with Gasteiger partial charge < -0.3 is 13.9 Å². The molecule has 0 fully saturated rings. The molecular weight excluding hydrogens is 326 g/mol. The number of nitrogens with zero attached hydrogens (tertiary/aromatic N) is 1. The van der Waals surface area contributed by atoms with Crippen molar-refractivity contribution in [1.29, 1.82) is 0 Å². The van der Waals surface area contributed by atoms with Gasteiger partial charge in [0.2, 0.25) is 0 Å². The van der Waals surface area contributed by atoms with Crippen LogP contribution in [0, 0.1) is 6.92 Å². The van der Waals surface area contributed by atoms with E-state index >= 15 is 0 Å². The highest BCUT2D eigenvalue weighted by Gasteiger charge is 2.14. The minimum atomic E-state index is -0.461. The summed E-state index contributed by atoms with van der Waals surface area (Å²) < 4.78 is 16.0. The van der Waals surface area contributed by atoms with Gasteiger partial charge in [0.25, 0.3) is 0 Å². The second kappa shape index (κ2) is 7.31. The SMILES string of the molecule is CCOc1ccc(-c2nc(C(=O)OCc3ccc(C)o3)cs2)cc1. The zero-order chi connectivity index (χ0) is 16.9. The van der Waals surface area contributed by atoms with Crippen LogP contribution in [0.15, 0.2) is 46.2 Å². The van der Waals surface area contributed by atoms with Crippen LogP contribution < -0.4 is 4.74 Å². The quantitative estimate of drug-likeness (QED) is 0.618. The highest BCUT2D eigenvalue weighted by Crippen LogP contribution is 2.26. The Balaban J connectivity index is 1.64. The Morgan fingerprint density at radius 2 is 2.00 bits per heavy atom. The molecule has 0 unspecified atom stereocenters. The van der Waals surface area contributed by atoms with E-state index in [2.05, 4.69) is 4.98 Å². The molecule has 24 heavy (non-hydrogen) atoms. The van der Waals surface area contributed by atoms with Crippen molar-refractivity contribution in [2.45, 2.75) is 20.5 Å². The number of hydrogen-bond acceptors (Lipinski definition) is 6. The number of benzene rings is 1. The number of aryl methyl sites for hydroxylation is 1. The molecule has 2 heterocycles. The van der Waals surface area contributed by atoms with Gasteiger partial charge in [-0.05, 0) is 50.2 Å². The van der Waals surface area contributed by atoms with Gasteiger partial charge in [-0.1, -0.05) is 0 Å². The number of furan rings is 1. The third-order valence-corrected chi connectivity index (χ3v) is 4.16. The Kier molecular flexibility index (Phi) is 4.96. The first-order valence-electron chi connectivity index (χ1n) is 7.57. The van der Waals surface area contributed by atoms with Crippen LogP contribution in [-0.4, -0.2) is 17.6 Å². The van der Waals surface area contributed by atoms with Crippen molar-refractivity contribution in [3.63, 3.8) is 0 Å². The van der Waals surface area contributed by atoms with E-state index in [1.54, 1.807) is 11.4 Å². The summed E-state index contributed by atoms with van der Waals surface area (Å²) in [4.78, 5) is 16.4. The van der Waals surface area contributed by atoms with Crippen LogP contribution >= 0.6 is 11.3 Å². The molecule has 0 amide bonds. The highest BCUT2D eigenvalue weighted by atomic mass is 32.1. The number of ether oxygens (including phenoxy) is 2. The lowest BCUT2D eigenvalue weighted by molar-refractivity contribution is 0.0438. The van der Waals surface area contributed by atoms with Gasteiger partial charge in [0, 0.05) is 10.9 Å². The third-order valence-electron chi connectivity index (χ3n) is 3.27. The average Bonchev–Trinajstić information content (AvgIpc) is 3.23. The van der Waals surface area contributed by atoms with E-state index in [1.807, 2.05) is 44.2 Å². The number of carbonyl (C=O) groups excluding carboxylic acids is 1. The van der Waals surface area contributed by atoms with Crippen LogP contribution in [0.1, 0.15) is 28.9 Å². The maximum atomic E-state index is 12.1. The molecule has 5 nitrogen and oxygen atoms in total. The molecule has 3 aromatic rings. The molecule has 0 bridgehead atoms. The Labute approximate surface area is 143 Å². The van der Waals surface area contributed by atoms with Crippen LogP contribution in [0.5, 0.6) is 5.75 Å². The minimum absolute atomic E-state index is 0.0998. The number of thiazole rings is 1. The molecule has 0 aliphatic heterocycles. The number of esters is 1. The van der Waals surface area contributed by atoms with Crippen LogP contribution in [0.25, 0.3) is 10.6 Å². The molecular formula is C18H17NO4S. The summed E-state index contributed by atoms with van der Waals surface area (Å²) in [5.74, 6) is 1.75. The summed E-state index contributed by atoms with van der Waals surface area (Å²) in [5, 5.41) is 2.46. The number of aromatic nitrogens is 1. The lowest BCUT2D eigenvalue weighted by atomic mass is 10.2. The van der Waals surface area contributed by atoms with Crippen LogP contribution in [0.2, 0.25) is 0 Å². The fourth-order valence-corrected chi connectivity index (χ4v) is 2.93. The average molecular weight is 343 g/mol. The number of hydrogen-bond donors (Lipinski definition) is 0. The smallest absolute Gasteiger partial charge is 0.358 e. The van der Waals surface area contributed by atoms with Crippen LogP contribution in [0.3, 0.4) is 0 Å². The van der Waals surface area contributed by atoms with Gasteiger partial charge in [0.1, 0.15) is 28.9 Å². The van der Waals surface area contributed by atoms with E-state index in [0.717, 1.165) is 22.1 Å². The Bertz CT molecular complexity index is 820. The van der Waals surface area contributed by atoms with E-state index in [9.17, 15) is 4.79 Å². The van der Waals surface area contributed by atoms with Crippen LogP contribution in [-0.2, 0) is 11.3 Å². The second-order valence-corrected chi connectivity index (χ2v) is 5.94. The molecule has 1 aromatic carbocycles. The van der Waals surface area contributed by atoms with Crippen molar-refractivity contribution < 1.29 is 18.7 Å². The fourth-order valence-electron chi connectivity index (χ4n) is 2.13. The summed E-state index contributed by atoms with van der Waals surface area (Å²) in [7, 11) is 0. The molecule has 3 rings (SSSR count). The van der Waals surface area contributed by atoms with Crippen molar-refractivity contribution >= 4 is 17.3 Å². The minimum Gasteiger partial charge on any atom is -0.494 e. The normalized spacial score (nSPS) is 10.6. The summed E-state index contributed by atoms with van der Waals surface area (Å²) in [6.45, 7) is 4.51. The Morgan fingerprint density at radius 1 is 1.21 bits per heavy atom. The molecule has 0 saturated heterocycles. The van der Waals surface area contributed by atoms with Gasteiger partial charge in [0.15, 0.2) is 5.69 Å². The van der Waals surface area contributed by atoms with Crippen molar-refractivity contribution in [3.8, 4) is 16.3 Å². The molecule has 0 radical (unpaired) electrons. The lowest BCUT2D eigenvalue weighted by Gasteiger charge is -2.03. The summed E-state index contributed by atoms with van der Waals surface area (Å²) in [5.41, 5.74) is 1.23. The Morgan fingerprint density at radius 3 is 2.67 bits per heavy atom. The third kappa shape index (κ3) is 3.83. The maximum absolute atomic E-state index is 12.1. The molecule has 6 heteroatoms. The van der Waals surface area contributed by atoms with Gasteiger partial charge in [-0.25, -0.2) is 9.78 Å². The van der Waals surface area contributed by atoms with Crippen molar-refractivity contribution in [3.05, 3.63) is 59.0 Å². The maximum Gasteiger partial charge on any atom is 0.358 e. The summed E-state index contributed by atoms with van der Waals surface area (Å²) in [6, 6.07) is 11.2. The molecule has 2 aromatic heterocycles. The zero-order valence-electron chi connectivity index (χ0n) is 13.4. The van der Waals surface area contributed by atoms with Gasteiger partial charge in [-0.3, -0.25) is 0 Å². The molecule has 0 aliphatic rings. The predicted octanol–water partition coefficient (Wildman–Crippen LogP) is 4.47. The van der Waals surface area contributed by atoms with Gasteiger partial charge in [-0.2, -0.15) is 0 Å². The van der Waals surface area contributed by atoms with E-state index < -0.39 is 5.97 Å². The van der Waals surface area contributed by atoms with E-state index in [0.29, 0.717) is 18.1 Å². The van der Waals surface area contributed by atoms with Gasteiger partial charge in [-0.15, -0.1) is 11.3 Å². The van der Waals surface area contributed by atoms with E-state index in [4.69, 9.17) is 13.9 Å². The van der Waals surface area contributed by atoms with E-state index in [-0.39, 0.29) is 6.61 Å². The van der Waals surface area contributed by atoms with Crippen molar-refractivity contribution in [2.75, 3.05) is 6.61 Å². The molecule has 0 aliphatic carbocycles. The summed E-state index contributed by atoms with van der Waals surface area (Å²) in [6.07, 6.45) is 0. The first kappa shape index (κ1) is 16.3. The standard InChI is InChI=1S/C18H17NO4S/c1-3-21-14-8-5-13(6-9-14)17-19-16(11-24-17)18(20)22-10-15-7-4-12(2)23-15/h4-9,11H,3,10H2,1-2H3. The zero-order valence-corrected chi connectivity index (χ0v) is 14.3. The number of carbonyl (C=O) groups is 1. The summed E-state index contributed by atoms with van der Waals surface area (Å²) >= 11 is 1.40. The van der Waals surface area contributed by atoms with E-state index in [1.165, 1.54) is 11.3 Å². The first-order chi connectivity index (χ1) is 11.7. The molecule has 0 N–H and O–H groups in total. The Hall–Kier alpha value is -2.60. The molecule has 0 saturated carbocycles. The number of rotatable bonds is 6. The molecule has 0 spiro atoms. The fraction of sp³-hybridized carbons (Fsp3) is 0.222. The predicted molar refractivity (Wildman–Crippen MR) is 91.3 cm³/mol. The molecule has 124 valence electrons. The topological polar surface area (TPSA) is 61.6 Å². The lowest BCUT2D eigenvalue weighted by Crippen LogP contribution is -2.05. The first-order valence-corrected chi connectivity index (χ1v) is 8.45. The van der Waals surface area contributed by atoms with Gasteiger partial charge >= 0.3 is 5.97 Å². The van der Waals surface area contributed by atoms with Crippen molar-refractivity contribution in [1.82, 2.24) is 4.98 Å².